The van der Waals surface area contributed by atoms with Gasteiger partial charge in [0, 0.05) is 6.07 Å². The van der Waals surface area contributed by atoms with E-state index >= 15 is 0 Å². The molecule has 34 heavy (non-hydrogen) atoms. The number of hydrogen-bond acceptors (Lipinski definition) is 6. The molecule has 0 aliphatic carbocycles. The summed E-state index contributed by atoms with van der Waals surface area (Å²) in [5.41, 5.74) is 0.113. The van der Waals surface area contributed by atoms with E-state index in [0.717, 1.165) is 0 Å². The van der Waals surface area contributed by atoms with Gasteiger partial charge in [-0.2, -0.15) is 0 Å². The molecule has 1 aromatic heterocycles. The number of nitrogens with one attached hydrogen (secondary N) is 1. The molecule has 7 nitrogen and oxygen atoms in total. The minimum absolute atomic E-state index is 0.159. The van der Waals surface area contributed by atoms with Gasteiger partial charge in [-0.05, 0) is 63.4 Å². The van der Waals surface area contributed by atoms with Gasteiger partial charge in [0.05, 0.1) is 10.9 Å². The maximum Gasteiger partial charge on any atom is 0.408 e. The van der Waals surface area contributed by atoms with Crippen molar-refractivity contribution in [2.24, 2.45) is 5.92 Å². The molecular formula is C26H28FNO6. The monoisotopic (exact) mass is 469 g/mol. The van der Waals surface area contributed by atoms with Crippen LogP contribution in [0, 0.1) is 18.7 Å². The van der Waals surface area contributed by atoms with Gasteiger partial charge < -0.3 is 19.2 Å². The van der Waals surface area contributed by atoms with Crippen LogP contribution in [0.25, 0.3) is 22.1 Å². The average Bonchev–Trinajstić information content (AvgIpc) is 2.71. The third-order valence-corrected chi connectivity index (χ3v) is 4.98. The van der Waals surface area contributed by atoms with Gasteiger partial charge in [0.25, 0.3) is 0 Å². The Morgan fingerprint density at radius 1 is 1.06 bits per heavy atom. The number of hydrogen-bond donors (Lipinski definition) is 1. The Balaban J connectivity index is 1.87. The Kier molecular flexibility index (Phi) is 7.09. The standard InChI is InChI=1S/C26H28FNO6/c1-14(2)22(28-25(31)34-26(4,5)6)24(30)33-18-11-12-19-20(13-18)32-15(3)21(23(19)29)16-7-9-17(27)10-8-16/h7-14,22H,1-6H3,(H,28,31)/t22-/m0/s1. The maximum atomic E-state index is 13.3. The van der Waals surface area contributed by atoms with Crippen LogP contribution in [0.15, 0.2) is 51.7 Å². The normalized spacial score (nSPS) is 12.5. The molecule has 1 N–H and O–H groups in total. The molecule has 0 aliphatic heterocycles. The van der Waals surface area contributed by atoms with E-state index in [2.05, 4.69) is 5.32 Å². The van der Waals surface area contributed by atoms with Crippen molar-refractivity contribution in [3.05, 3.63) is 64.3 Å². The minimum Gasteiger partial charge on any atom is -0.460 e. The van der Waals surface area contributed by atoms with Gasteiger partial charge in [0.1, 0.15) is 34.6 Å². The zero-order valence-electron chi connectivity index (χ0n) is 20.0. The Morgan fingerprint density at radius 2 is 1.71 bits per heavy atom. The van der Waals surface area contributed by atoms with Crippen molar-refractivity contribution in [3.63, 3.8) is 0 Å². The first-order chi connectivity index (χ1) is 15.9. The third kappa shape index (κ3) is 5.81. The molecule has 1 heterocycles. The van der Waals surface area contributed by atoms with Crippen LogP contribution in [0.4, 0.5) is 9.18 Å². The van der Waals surface area contributed by atoms with Gasteiger partial charge in [-0.3, -0.25) is 4.79 Å². The molecule has 0 radical (unpaired) electrons. The summed E-state index contributed by atoms with van der Waals surface area (Å²) in [6.45, 7) is 10.3. The van der Waals surface area contributed by atoms with Crippen molar-refractivity contribution in [2.45, 2.75) is 53.2 Å². The van der Waals surface area contributed by atoms with E-state index in [-0.39, 0.29) is 28.1 Å². The van der Waals surface area contributed by atoms with E-state index < -0.39 is 29.5 Å². The molecule has 1 atom stereocenters. The molecule has 180 valence electrons. The highest BCUT2D eigenvalue weighted by Crippen LogP contribution is 2.27. The largest absolute Gasteiger partial charge is 0.460 e. The molecule has 3 aromatic rings. The lowest BCUT2D eigenvalue weighted by atomic mass is 10.0. The predicted molar refractivity (Wildman–Crippen MR) is 126 cm³/mol. The second-order valence-corrected chi connectivity index (χ2v) is 9.32. The van der Waals surface area contributed by atoms with Crippen LogP contribution in [0.3, 0.4) is 0 Å². The SMILES string of the molecule is Cc1oc2cc(OC(=O)[C@@H](NC(=O)OC(C)(C)C)C(C)C)ccc2c(=O)c1-c1ccc(F)cc1. The summed E-state index contributed by atoms with van der Waals surface area (Å²) in [6.07, 6.45) is -0.725. The quantitative estimate of drug-likeness (QED) is 0.399. The number of alkyl carbamates (subject to hydrolysis) is 1. The zero-order valence-corrected chi connectivity index (χ0v) is 20.0. The number of benzene rings is 2. The molecule has 0 saturated carbocycles. The molecule has 1 amide bonds. The van der Waals surface area contributed by atoms with Crippen molar-refractivity contribution < 1.29 is 27.9 Å². The summed E-state index contributed by atoms with van der Waals surface area (Å²) in [5, 5.41) is 2.83. The van der Waals surface area contributed by atoms with Crippen molar-refractivity contribution in [2.75, 3.05) is 0 Å². The Hall–Kier alpha value is -3.68. The van der Waals surface area contributed by atoms with Gasteiger partial charge in [-0.25, -0.2) is 14.0 Å². The second kappa shape index (κ2) is 9.67. The van der Waals surface area contributed by atoms with E-state index in [9.17, 15) is 18.8 Å². The van der Waals surface area contributed by atoms with E-state index in [0.29, 0.717) is 16.9 Å². The number of fused-ring (bicyclic) bond motifs is 1. The van der Waals surface area contributed by atoms with E-state index in [1.807, 2.05) is 0 Å². The number of rotatable bonds is 5. The molecule has 3 rings (SSSR count). The number of halogens is 1. The highest BCUT2D eigenvalue weighted by molar-refractivity contribution is 5.86. The maximum absolute atomic E-state index is 13.3. The fourth-order valence-electron chi connectivity index (χ4n) is 3.41. The third-order valence-electron chi connectivity index (χ3n) is 4.98. The van der Waals surface area contributed by atoms with Crippen molar-refractivity contribution in [1.82, 2.24) is 5.32 Å². The second-order valence-electron chi connectivity index (χ2n) is 9.32. The van der Waals surface area contributed by atoms with Crippen molar-refractivity contribution in [1.29, 1.82) is 0 Å². The molecule has 0 bridgehead atoms. The van der Waals surface area contributed by atoms with Crippen LogP contribution in [0.5, 0.6) is 5.75 Å². The highest BCUT2D eigenvalue weighted by atomic mass is 19.1. The molecule has 0 fully saturated rings. The number of aryl methyl sites for hydroxylation is 1. The topological polar surface area (TPSA) is 94.8 Å². The lowest BCUT2D eigenvalue weighted by molar-refractivity contribution is -0.137. The van der Waals surface area contributed by atoms with Gasteiger partial charge in [0.15, 0.2) is 0 Å². The number of carbonyl (C=O) groups is 2. The Labute approximate surface area is 196 Å². The molecule has 2 aromatic carbocycles. The van der Waals surface area contributed by atoms with Crippen LogP contribution < -0.4 is 15.5 Å². The number of amides is 1. The Bertz CT molecular complexity index is 1270. The summed E-state index contributed by atoms with van der Waals surface area (Å²) in [5.74, 6) is -0.842. The van der Waals surface area contributed by atoms with Crippen molar-refractivity contribution in [3.8, 4) is 16.9 Å². The zero-order chi connectivity index (χ0) is 25.2. The predicted octanol–water partition coefficient (Wildman–Crippen LogP) is 5.36. The summed E-state index contributed by atoms with van der Waals surface area (Å²) in [6, 6.07) is 9.06. The highest BCUT2D eigenvalue weighted by Gasteiger charge is 2.29. The van der Waals surface area contributed by atoms with Crippen LogP contribution in [0.1, 0.15) is 40.4 Å². The number of ether oxygens (including phenoxy) is 2. The summed E-state index contributed by atoms with van der Waals surface area (Å²) in [7, 11) is 0. The number of esters is 1. The van der Waals surface area contributed by atoms with Gasteiger partial charge in [0.2, 0.25) is 5.43 Å². The fourth-order valence-corrected chi connectivity index (χ4v) is 3.41. The first-order valence-electron chi connectivity index (χ1n) is 10.9. The van der Waals surface area contributed by atoms with Crippen LogP contribution in [-0.4, -0.2) is 23.7 Å². The van der Waals surface area contributed by atoms with Crippen LogP contribution >= 0.6 is 0 Å². The smallest absolute Gasteiger partial charge is 0.408 e. The number of carbonyl (C=O) groups excluding carboxylic acids is 2. The lowest BCUT2D eigenvalue weighted by Gasteiger charge is -2.24. The molecule has 0 aliphatic rings. The molecule has 0 saturated heterocycles. The fraction of sp³-hybridized carbons (Fsp3) is 0.346. The van der Waals surface area contributed by atoms with E-state index in [1.165, 1.54) is 42.5 Å². The van der Waals surface area contributed by atoms with Gasteiger partial charge in [-0.1, -0.05) is 26.0 Å². The van der Waals surface area contributed by atoms with Crippen LogP contribution in [0.2, 0.25) is 0 Å². The Morgan fingerprint density at radius 3 is 2.29 bits per heavy atom. The lowest BCUT2D eigenvalue weighted by Crippen LogP contribution is -2.48. The summed E-state index contributed by atoms with van der Waals surface area (Å²) in [4.78, 5) is 38.0. The van der Waals surface area contributed by atoms with Crippen molar-refractivity contribution >= 4 is 23.0 Å². The summed E-state index contributed by atoms with van der Waals surface area (Å²) >= 11 is 0. The van der Waals surface area contributed by atoms with Gasteiger partial charge in [-0.15, -0.1) is 0 Å². The summed E-state index contributed by atoms with van der Waals surface area (Å²) < 4.78 is 29.8. The minimum atomic E-state index is -0.944. The molecule has 8 heteroatoms. The average molecular weight is 470 g/mol. The first kappa shape index (κ1) is 25.0. The first-order valence-corrected chi connectivity index (χ1v) is 10.9. The molecular weight excluding hydrogens is 441 g/mol. The van der Waals surface area contributed by atoms with Gasteiger partial charge >= 0.3 is 12.1 Å². The van der Waals surface area contributed by atoms with E-state index in [4.69, 9.17) is 13.9 Å². The van der Waals surface area contributed by atoms with E-state index in [1.54, 1.807) is 41.5 Å². The molecule has 0 spiro atoms. The molecule has 0 unspecified atom stereocenters. The van der Waals surface area contributed by atoms with Crippen LogP contribution in [-0.2, 0) is 9.53 Å².